The predicted molar refractivity (Wildman–Crippen MR) is 103 cm³/mol. The van der Waals surface area contributed by atoms with Gasteiger partial charge in [-0.1, -0.05) is 19.1 Å². The van der Waals surface area contributed by atoms with Crippen molar-refractivity contribution >= 4 is 11.8 Å². The molecule has 2 amide bonds. The zero-order valence-corrected chi connectivity index (χ0v) is 16.0. The van der Waals surface area contributed by atoms with Crippen LogP contribution in [0.3, 0.4) is 0 Å². The summed E-state index contributed by atoms with van der Waals surface area (Å²) in [6, 6.07) is 11.6. The molecule has 1 aromatic heterocycles. The number of piperidine rings is 1. The summed E-state index contributed by atoms with van der Waals surface area (Å²) in [4.78, 5) is 29.6. The lowest BCUT2D eigenvalue weighted by Gasteiger charge is -2.35. The van der Waals surface area contributed by atoms with Crippen molar-refractivity contribution in [2.45, 2.75) is 39.2 Å². The van der Waals surface area contributed by atoms with Crippen LogP contribution in [0.15, 0.2) is 40.8 Å². The van der Waals surface area contributed by atoms with Crippen LogP contribution in [0.25, 0.3) is 11.3 Å². The molecule has 0 radical (unpaired) electrons. The number of carbonyl (C=O) groups excluding carboxylic acids is 2. The first-order valence-corrected chi connectivity index (χ1v) is 9.83. The molecule has 5 rings (SSSR count). The normalized spacial score (nSPS) is 22.2. The molecule has 4 heterocycles. The second kappa shape index (κ2) is 7.22. The minimum Gasteiger partial charge on any atom is -0.461 e. The van der Waals surface area contributed by atoms with Crippen LogP contribution in [0.5, 0.6) is 0 Å². The van der Waals surface area contributed by atoms with Crippen molar-refractivity contribution in [1.29, 1.82) is 0 Å². The standard InChI is InChI=1S/C22H26N2O3/c1-3-12-24-19-10-9-18(22(24)26)13-23(14-19)21(25)17-7-5-16(6-8-17)20-11-4-15(2)27-20/h4-8,11,18-19H,3,9-10,12-14H2,1-2H3/t18-,19+/m0/s1. The van der Waals surface area contributed by atoms with E-state index in [0.717, 1.165) is 42.9 Å². The van der Waals surface area contributed by atoms with E-state index in [1.54, 1.807) is 0 Å². The second-order valence-electron chi connectivity index (χ2n) is 7.66. The average Bonchev–Trinajstić information content (AvgIpc) is 2.93. The Morgan fingerprint density at radius 2 is 1.89 bits per heavy atom. The fourth-order valence-electron chi connectivity index (χ4n) is 4.29. The molecule has 2 bridgehead atoms. The Hall–Kier alpha value is -2.56. The van der Waals surface area contributed by atoms with Gasteiger partial charge in [0, 0.05) is 36.8 Å². The highest BCUT2D eigenvalue weighted by Gasteiger charge is 2.41. The number of carbonyl (C=O) groups is 2. The molecule has 5 heteroatoms. The molecule has 0 unspecified atom stereocenters. The Labute approximate surface area is 159 Å². The first-order chi connectivity index (χ1) is 13.1. The quantitative estimate of drug-likeness (QED) is 0.828. The molecular weight excluding hydrogens is 340 g/mol. The number of fused-ring (bicyclic) bond motifs is 4. The molecule has 2 aromatic rings. The number of furan rings is 1. The fourth-order valence-corrected chi connectivity index (χ4v) is 4.29. The predicted octanol–water partition coefficient (Wildman–Crippen LogP) is 3.73. The smallest absolute Gasteiger partial charge is 0.253 e. The first kappa shape index (κ1) is 17.8. The van der Waals surface area contributed by atoms with E-state index in [9.17, 15) is 9.59 Å². The van der Waals surface area contributed by atoms with Gasteiger partial charge in [-0.2, -0.15) is 0 Å². The van der Waals surface area contributed by atoms with E-state index in [4.69, 9.17) is 4.42 Å². The molecule has 2 atom stereocenters. The molecule has 3 aliphatic rings. The molecule has 0 N–H and O–H groups in total. The minimum absolute atomic E-state index is 0.0141. The summed E-state index contributed by atoms with van der Waals surface area (Å²) in [5, 5.41) is 0. The molecule has 0 aliphatic carbocycles. The van der Waals surface area contributed by atoms with Crippen LogP contribution in [0.1, 0.15) is 42.3 Å². The van der Waals surface area contributed by atoms with Gasteiger partial charge < -0.3 is 14.2 Å². The second-order valence-corrected chi connectivity index (χ2v) is 7.66. The zero-order valence-electron chi connectivity index (χ0n) is 16.0. The lowest BCUT2D eigenvalue weighted by atomic mass is 9.94. The van der Waals surface area contributed by atoms with Crippen LogP contribution < -0.4 is 0 Å². The summed E-state index contributed by atoms with van der Waals surface area (Å²) in [6.45, 7) is 5.97. The van der Waals surface area contributed by atoms with Crippen molar-refractivity contribution in [2.75, 3.05) is 19.6 Å². The Morgan fingerprint density at radius 3 is 2.56 bits per heavy atom. The molecule has 5 nitrogen and oxygen atoms in total. The van der Waals surface area contributed by atoms with E-state index in [-0.39, 0.29) is 23.8 Å². The van der Waals surface area contributed by atoms with E-state index < -0.39 is 0 Å². The summed E-state index contributed by atoms with van der Waals surface area (Å²) < 4.78 is 5.65. The van der Waals surface area contributed by atoms with Gasteiger partial charge in [0.25, 0.3) is 5.91 Å². The van der Waals surface area contributed by atoms with Crippen molar-refractivity contribution in [1.82, 2.24) is 9.80 Å². The van der Waals surface area contributed by atoms with Crippen molar-refractivity contribution in [3.05, 3.63) is 47.7 Å². The third-order valence-corrected chi connectivity index (χ3v) is 5.70. The topological polar surface area (TPSA) is 53.8 Å². The monoisotopic (exact) mass is 366 g/mol. The molecule has 0 spiro atoms. The summed E-state index contributed by atoms with van der Waals surface area (Å²) in [7, 11) is 0. The highest BCUT2D eigenvalue weighted by molar-refractivity contribution is 5.95. The molecule has 3 saturated heterocycles. The van der Waals surface area contributed by atoms with Crippen LogP contribution in [0.2, 0.25) is 0 Å². The van der Waals surface area contributed by atoms with Crippen molar-refractivity contribution in [2.24, 2.45) is 5.92 Å². The van der Waals surface area contributed by atoms with Crippen LogP contribution in [-0.2, 0) is 4.79 Å². The number of amides is 2. The van der Waals surface area contributed by atoms with E-state index in [2.05, 4.69) is 6.92 Å². The Balaban J connectivity index is 1.52. The van der Waals surface area contributed by atoms with Gasteiger partial charge in [-0.05, 0) is 50.5 Å². The third kappa shape index (κ3) is 3.38. The molecule has 1 aromatic carbocycles. The number of aryl methyl sites for hydroxylation is 1. The highest BCUT2D eigenvalue weighted by atomic mass is 16.3. The number of nitrogens with zero attached hydrogens (tertiary/aromatic N) is 2. The Kier molecular flexibility index (Phi) is 4.77. The Morgan fingerprint density at radius 1 is 1.11 bits per heavy atom. The van der Waals surface area contributed by atoms with Gasteiger partial charge in [-0.3, -0.25) is 9.59 Å². The molecule has 3 aliphatic heterocycles. The summed E-state index contributed by atoms with van der Waals surface area (Å²) in [5.74, 6) is 1.86. The Bertz CT molecular complexity index is 839. The van der Waals surface area contributed by atoms with Crippen LogP contribution in [0.4, 0.5) is 0 Å². The lowest BCUT2D eigenvalue weighted by molar-refractivity contribution is -0.139. The van der Waals surface area contributed by atoms with E-state index in [1.165, 1.54) is 0 Å². The molecule has 27 heavy (non-hydrogen) atoms. The van der Waals surface area contributed by atoms with Crippen LogP contribution >= 0.6 is 0 Å². The summed E-state index contributed by atoms with van der Waals surface area (Å²) in [5.41, 5.74) is 1.62. The van der Waals surface area contributed by atoms with E-state index in [1.807, 2.05) is 53.1 Å². The highest BCUT2D eigenvalue weighted by Crippen LogP contribution is 2.30. The average molecular weight is 366 g/mol. The summed E-state index contributed by atoms with van der Waals surface area (Å²) >= 11 is 0. The summed E-state index contributed by atoms with van der Waals surface area (Å²) in [6.07, 6.45) is 2.85. The van der Waals surface area contributed by atoms with Crippen molar-refractivity contribution in [3.8, 4) is 11.3 Å². The first-order valence-electron chi connectivity index (χ1n) is 9.83. The van der Waals surface area contributed by atoms with Gasteiger partial charge in [-0.15, -0.1) is 0 Å². The zero-order chi connectivity index (χ0) is 19.0. The lowest BCUT2D eigenvalue weighted by Crippen LogP contribution is -2.48. The van der Waals surface area contributed by atoms with Crippen LogP contribution in [0, 0.1) is 12.8 Å². The van der Waals surface area contributed by atoms with Gasteiger partial charge in [0.2, 0.25) is 5.91 Å². The van der Waals surface area contributed by atoms with E-state index >= 15 is 0 Å². The maximum atomic E-state index is 13.1. The maximum absolute atomic E-state index is 13.1. The fraction of sp³-hybridized carbons (Fsp3) is 0.455. The molecule has 0 saturated carbocycles. The number of rotatable bonds is 4. The minimum atomic E-state index is -0.0513. The molecular formula is C22H26N2O3. The third-order valence-electron chi connectivity index (χ3n) is 5.70. The van der Waals surface area contributed by atoms with Gasteiger partial charge >= 0.3 is 0 Å². The molecule has 3 fully saturated rings. The largest absolute Gasteiger partial charge is 0.461 e. The van der Waals surface area contributed by atoms with Crippen molar-refractivity contribution < 1.29 is 14.0 Å². The molecule has 142 valence electrons. The SMILES string of the molecule is CCCN1C(=O)[C@H]2CC[C@@H]1CN(C(=O)c1ccc(-c3ccc(C)o3)cc1)C2. The van der Waals surface area contributed by atoms with Gasteiger partial charge in [0.1, 0.15) is 11.5 Å². The number of hydrogen-bond donors (Lipinski definition) is 0. The van der Waals surface area contributed by atoms with Gasteiger partial charge in [-0.25, -0.2) is 0 Å². The van der Waals surface area contributed by atoms with Crippen molar-refractivity contribution in [3.63, 3.8) is 0 Å². The number of benzene rings is 1. The maximum Gasteiger partial charge on any atom is 0.253 e. The van der Waals surface area contributed by atoms with Gasteiger partial charge in [0.15, 0.2) is 0 Å². The van der Waals surface area contributed by atoms with E-state index in [0.29, 0.717) is 18.7 Å². The van der Waals surface area contributed by atoms with Crippen LogP contribution in [-0.4, -0.2) is 47.3 Å². The van der Waals surface area contributed by atoms with Gasteiger partial charge in [0.05, 0.1) is 5.92 Å². The number of hydrogen-bond acceptors (Lipinski definition) is 3.